The molecule has 0 bridgehead atoms. The van der Waals surface area contributed by atoms with Crippen LogP contribution < -0.4 is 10.6 Å². The van der Waals surface area contributed by atoms with Gasteiger partial charge in [0.2, 0.25) is 0 Å². The Kier molecular flexibility index (Phi) is 4.64. The number of hydrogen-bond donors (Lipinski definition) is 3. The average molecular weight is 331 g/mol. The summed E-state index contributed by atoms with van der Waals surface area (Å²) in [7, 11) is 0. The van der Waals surface area contributed by atoms with Crippen LogP contribution in [0.25, 0.3) is 0 Å². The van der Waals surface area contributed by atoms with Crippen LogP contribution in [0.4, 0.5) is 10.5 Å². The molecule has 1 aromatic rings. The summed E-state index contributed by atoms with van der Waals surface area (Å²) in [6.45, 7) is 2.71. The number of amides is 2. The van der Waals surface area contributed by atoms with Gasteiger partial charge in [-0.25, -0.2) is 9.59 Å². The number of hydrogen-bond acceptors (Lipinski definition) is 2. The Morgan fingerprint density at radius 3 is 2.29 bits per heavy atom. The lowest BCUT2D eigenvalue weighted by Crippen LogP contribution is -2.33. The number of halogens is 2. The van der Waals surface area contributed by atoms with E-state index in [2.05, 4.69) is 17.6 Å². The molecule has 7 heteroatoms. The Hall–Kier alpha value is -1.46. The first kappa shape index (κ1) is 15.9. The van der Waals surface area contributed by atoms with Crippen molar-refractivity contribution in [3.05, 3.63) is 27.7 Å². The monoisotopic (exact) mass is 330 g/mol. The summed E-state index contributed by atoms with van der Waals surface area (Å²) < 4.78 is 0. The Labute approximate surface area is 132 Å². The van der Waals surface area contributed by atoms with Crippen molar-refractivity contribution >= 4 is 40.9 Å². The number of rotatable bonds is 5. The number of aromatic carboxylic acids is 1. The minimum Gasteiger partial charge on any atom is -0.478 e. The van der Waals surface area contributed by atoms with Gasteiger partial charge in [0.15, 0.2) is 0 Å². The Bertz CT molecular complexity index is 563. The maximum Gasteiger partial charge on any atom is 0.335 e. The molecule has 21 heavy (non-hydrogen) atoms. The highest BCUT2D eigenvalue weighted by Gasteiger charge is 2.40. The second-order valence-corrected chi connectivity index (χ2v) is 6.10. The normalized spacial score (nSPS) is 15.4. The number of benzene rings is 1. The molecule has 3 N–H and O–H groups in total. The van der Waals surface area contributed by atoms with Crippen molar-refractivity contribution in [3.63, 3.8) is 0 Å². The molecule has 1 aromatic carbocycles. The van der Waals surface area contributed by atoms with Crippen LogP contribution in [0.1, 0.15) is 36.5 Å². The Balaban J connectivity index is 2.02. The molecular weight excluding hydrogens is 315 g/mol. The number of urea groups is 1. The summed E-state index contributed by atoms with van der Waals surface area (Å²) in [5.41, 5.74) is 0.416. The van der Waals surface area contributed by atoms with Crippen molar-refractivity contribution in [1.82, 2.24) is 5.32 Å². The van der Waals surface area contributed by atoms with E-state index < -0.39 is 12.0 Å². The fraction of sp³-hybridized carbons (Fsp3) is 0.429. The third kappa shape index (κ3) is 3.80. The van der Waals surface area contributed by atoms with Gasteiger partial charge < -0.3 is 15.7 Å². The molecule has 1 aliphatic carbocycles. The lowest BCUT2D eigenvalue weighted by molar-refractivity contribution is 0.0697. The van der Waals surface area contributed by atoms with E-state index in [1.165, 1.54) is 12.1 Å². The number of carbonyl (C=O) groups excluding carboxylic acids is 1. The van der Waals surface area contributed by atoms with Crippen LogP contribution in [-0.2, 0) is 0 Å². The Morgan fingerprint density at radius 2 is 1.86 bits per heavy atom. The van der Waals surface area contributed by atoms with E-state index in [1.54, 1.807) is 0 Å². The molecule has 114 valence electrons. The van der Waals surface area contributed by atoms with Crippen LogP contribution in [0.2, 0.25) is 10.0 Å². The van der Waals surface area contributed by atoms with Gasteiger partial charge in [0.25, 0.3) is 0 Å². The molecule has 2 amide bonds. The molecule has 0 radical (unpaired) electrons. The van der Waals surface area contributed by atoms with Crippen LogP contribution in [0, 0.1) is 5.41 Å². The van der Waals surface area contributed by atoms with Gasteiger partial charge in [-0.3, -0.25) is 0 Å². The fourth-order valence-corrected chi connectivity index (χ4v) is 2.66. The van der Waals surface area contributed by atoms with E-state index in [9.17, 15) is 9.59 Å². The van der Waals surface area contributed by atoms with Gasteiger partial charge in [-0.1, -0.05) is 30.1 Å². The van der Waals surface area contributed by atoms with Gasteiger partial charge in [-0.05, 0) is 36.8 Å². The highest BCUT2D eigenvalue weighted by Crippen LogP contribution is 2.47. The molecule has 0 atom stereocenters. The highest BCUT2D eigenvalue weighted by molar-refractivity contribution is 6.40. The summed E-state index contributed by atoms with van der Waals surface area (Å²) in [5.74, 6) is -1.13. The fourth-order valence-electron chi connectivity index (χ4n) is 2.07. The van der Waals surface area contributed by atoms with Gasteiger partial charge in [0.1, 0.15) is 0 Å². The predicted octanol–water partition coefficient (Wildman–Crippen LogP) is 4.00. The van der Waals surface area contributed by atoms with Crippen molar-refractivity contribution in [2.24, 2.45) is 5.41 Å². The Morgan fingerprint density at radius 1 is 1.29 bits per heavy atom. The van der Waals surface area contributed by atoms with Gasteiger partial charge in [0.05, 0.1) is 21.3 Å². The number of carbonyl (C=O) groups is 2. The first-order chi connectivity index (χ1) is 9.87. The smallest absolute Gasteiger partial charge is 0.335 e. The van der Waals surface area contributed by atoms with Crippen LogP contribution in [-0.4, -0.2) is 23.7 Å². The van der Waals surface area contributed by atoms with Crippen LogP contribution in [0.15, 0.2) is 12.1 Å². The van der Waals surface area contributed by atoms with Crippen molar-refractivity contribution in [3.8, 4) is 0 Å². The van der Waals surface area contributed by atoms with Crippen molar-refractivity contribution in [1.29, 1.82) is 0 Å². The first-order valence-corrected chi connectivity index (χ1v) is 7.40. The molecule has 0 spiro atoms. The van der Waals surface area contributed by atoms with E-state index in [4.69, 9.17) is 28.3 Å². The standard InChI is InChI=1S/C14H16Cl2N2O3/c1-2-14(3-4-14)7-17-13(21)18-11-9(15)5-8(12(19)20)6-10(11)16/h5-6H,2-4,7H2,1H3,(H,19,20)(H2,17,18,21). The van der Waals surface area contributed by atoms with E-state index >= 15 is 0 Å². The van der Waals surface area contributed by atoms with Crippen molar-refractivity contribution in [2.45, 2.75) is 26.2 Å². The van der Waals surface area contributed by atoms with Gasteiger partial charge in [0, 0.05) is 6.54 Å². The van der Waals surface area contributed by atoms with E-state index in [-0.39, 0.29) is 26.7 Å². The molecule has 0 aromatic heterocycles. The van der Waals surface area contributed by atoms with E-state index in [0.29, 0.717) is 6.54 Å². The quantitative estimate of drug-likeness (QED) is 0.763. The molecule has 0 heterocycles. The maximum absolute atomic E-state index is 11.9. The number of nitrogens with one attached hydrogen (secondary N) is 2. The molecule has 0 aliphatic heterocycles. The maximum atomic E-state index is 11.9. The average Bonchev–Trinajstić information content (AvgIpc) is 3.21. The van der Waals surface area contributed by atoms with Crippen LogP contribution in [0.3, 0.4) is 0 Å². The first-order valence-electron chi connectivity index (χ1n) is 6.64. The SMILES string of the molecule is CCC1(CNC(=O)Nc2c(Cl)cc(C(=O)O)cc2Cl)CC1. The number of anilines is 1. The second kappa shape index (κ2) is 6.12. The minimum absolute atomic E-state index is 0.0288. The summed E-state index contributed by atoms with van der Waals surface area (Å²) >= 11 is 11.9. The summed E-state index contributed by atoms with van der Waals surface area (Å²) in [6.07, 6.45) is 3.28. The lowest BCUT2D eigenvalue weighted by Gasteiger charge is -2.15. The third-order valence-electron chi connectivity index (χ3n) is 3.86. The van der Waals surface area contributed by atoms with Gasteiger partial charge in [-0.2, -0.15) is 0 Å². The number of carboxylic acid groups (broad SMARTS) is 1. The van der Waals surface area contributed by atoms with Crippen molar-refractivity contribution in [2.75, 3.05) is 11.9 Å². The number of carboxylic acids is 1. The van der Waals surface area contributed by atoms with Crippen LogP contribution >= 0.6 is 23.2 Å². The molecule has 0 saturated heterocycles. The molecule has 1 saturated carbocycles. The lowest BCUT2D eigenvalue weighted by atomic mass is 10.0. The predicted molar refractivity (Wildman–Crippen MR) is 82.4 cm³/mol. The molecular formula is C14H16Cl2N2O3. The minimum atomic E-state index is -1.13. The largest absolute Gasteiger partial charge is 0.478 e. The van der Waals surface area contributed by atoms with Crippen LogP contribution in [0.5, 0.6) is 0 Å². The zero-order chi connectivity index (χ0) is 15.6. The molecule has 5 nitrogen and oxygen atoms in total. The topological polar surface area (TPSA) is 78.4 Å². The highest BCUT2D eigenvalue weighted by atomic mass is 35.5. The summed E-state index contributed by atoms with van der Waals surface area (Å²) in [4.78, 5) is 22.7. The van der Waals surface area contributed by atoms with Crippen molar-refractivity contribution < 1.29 is 14.7 Å². The van der Waals surface area contributed by atoms with Gasteiger partial charge in [-0.15, -0.1) is 0 Å². The molecule has 0 unspecified atom stereocenters. The molecule has 1 fully saturated rings. The van der Waals surface area contributed by atoms with E-state index in [1.807, 2.05) is 0 Å². The molecule has 1 aliphatic rings. The zero-order valence-corrected chi connectivity index (χ0v) is 13.0. The zero-order valence-electron chi connectivity index (χ0n) is 11.5. The second-order valence-electron chi connectivity index (χ2n) is 5.28. The third-order valence-corrected chi connectivity index (χ3v) is 4.45. The van der Waals surface area contributed by atoms with Gasteiger partial charge >= 0.3 is 12.0 Å². The summed E-state index contributed by atoms with van der Waals surface area (Å²) in [6, 6.07) is 2.10. The molecule has 2 rings (SSSR count). The summed E-state index contributed by atoms with van der Waals surface area (Å²) in [5, 5.41) is 14.4. The van der Waals surface area contributed by atoms with E-state index in [0.717, 1.165) is 19.3 Å².